The highest BCUT2D eigenvalue weighted by Crippen LogP contribution is 2.18. The van der Waals surface area contributed by atoms with E-state index in [9.17, 15) is 4.79 Å². The Morgan fingerprint density at radius 3 is 2.85 bits per heavy atom. The Labute approximate surface area is 80.3 Å². The molecule has 2 N–H and O–H groups in total. The first-order valence-electron chi connectivity index (χ1n) is 5.23. The number of hydrogen-bond donors (Lipinski definition) is 2. The second-order valence-corrected chi connectivity index (χ2v) is 3.96. The van der Waals surface area contributed by atoms with Crippen LogP contribution in [0.15, 0.2) is 0 Å². The quantitative estimate of drug-likeness (QED) is 0.623. The van der Waals surface area contributed by atoms with Gasteiger partial charge >= 0.3 is 0 Å². The maximum Gasteiger partial charge on any atom is 0.207 e. The topological polar surface area (TPSA) is 41.1 Å². The Kier molecular flexibility index (Phi) is 4.83. The fraction of sp³-hybridized carbons (Fsp3) is 0.900. The zero-order chi connectivity index (χ0) is 9.52. The second kappa shape index (κ2) is 5.97. The van der Waals surface area contributed by atoms with E-state index in [1.165, 1.54) is 32.4 Å². The molecule has 1 heterocycles. The lowest BCUT2D eigenvalue weighted by Gasteiger charge is -2.23. The van der Waals surface area contributed by atoms with Gasteiger partial charge in [0.05, 0.1) is 0 Å². The van der Waals surface area contributed by atoms with Crippen molar-refractivity contribution in [1.82, 2.24) is 10.6 Å². The van der Waals surface area contributed by atoms with Crippen molar-refractivity contribution in [3.05, 3.63) is 0 Å². The van der Waals surface area contributed by atoms with Gasteiger partial charge in [-0.3, -0.25) is 4.79 Å². The van der Waals surface area contributed by atoms with Crippen molar-refractivity contribution in [2.24, 2.45) is 5.92 Å². The molecule has 0 radical (unpaired) electrons. The first-order valence-corrected chi connectivity index (χ1v) is 5.23. The highest BCUT2D eigenvalue weighted by Gasteiger charge is 2.13. The molecule has 1 amide bonds. The van der Waals surface area contributed by atoms with E-state index < -0.39 is 0 Å². The average molecular weight is 184 g/mol. The summed E-state index contributed by atoms with van der Waals surface area (Å²) < 4.78 is 0. The third-order valence-corrected chi connectivity index (χ3v) is 2.82. The summed E-state index contributed by atoms with van der Waals surface area (Å²) in [5.41, 5.74) is 0. The molecular formula is C10H20N2O. The minimum absolute atomic E-state index is 0.340. The molecule has 1 atom stereocenters. The van der Waals surface area contributed by atoms with E-state index >= 15 is 0 Å². The van der Waals surface area contributed by atoms with Crippen LogP contribution in [0.25, 0.3) is 0 Å². The van der Waals surface area contributed by atoms with Gasteiger partial charge in [0.15, 0.2) is 0 Å². The SMILES string of the molecule is CC(CCC1CCNCC1)NC=O. The highest BCUT2D eigenvalue weighted by atomic mass is 16.1. The zero-order valence-corrected chi connectivity index (χ0v) is 8.38. The van der Waals surface area contributed by atoms with Crippen LogP contribution in [-0.2, 0) is 4.79 Å². The number of carbonyl (C=O) groups excluding carboxylic acids is 1. The standard InChI is InChI=1S/C10H20N2O/c1-9(12-8-13)2-3-10-4-6-11-7-5-10/h8-11H,2-7H2,1H3,(H,12,13). The summed E-state index contributed by atoms with van der Waals surface area (Å²) in [6, 6.07) is 0.340. The number of nitrogens with one attached hydrogen (secondary N) is 2. The molecule has 0 aliphatic carbocycles. The molecule has 3 heteroatoms. The van der Waals surface area contributed by atoms with Gasteiger partial charge < -0.3 is 10.6 Å². The molecule has 76 valence electrons. The molecule has 3 nitrogen and oxygen atoms in total. The van der Waals surface area contributed by atoms with Gasteiger partial charge in [-0.25, -0.2) is 0 Å². The number of rotatable bonds is 5. The first kappa shape index (κ1) is 10.5. The van der Waals surface area contributed by atoms with Crippen molar-refractivity contribution in [3.63, 3.8) is 0 Å². The lowest BCUT2D eigenvalue weighted by Crippen LogP contribution is -2.30. The maximum atomic E-state index is 10.1. The minimum Gasteiger partial charge on any atom is -0.356 e. The zero-order valence-electron chi connectivity index (χ0n) is 8.38. The molecule has 0 bridgehead atoms. The minimum atomic E-state index is 0.340. The number of piperidine rings is 1. The summed E-state index contributed by atoms with van der Waals surface area (Å²) in [6.45, 7) is 4.40. The molecule has 1 unspecified atom stereocenters. The van der Waals surface area contributed by atoms with E-state index in [2.05, 4.69) is 17.6 Å². The molecule has 1 fully saturated rings. The fourth-order valence-electron chi connectivity index (χ4n) is 1.86. The Morgan fingerprint density at radius 2 is 2.23 bits per heavy atom. The largest absolute Gasteiger partial charge is 0.356 e. The van der Waals surface area contributed by atoms with E-state index in [0.717, 1.165) is 18.7 Å². The molecule has 0 aromatic rings. The molecular weight excluding hydrogens is 164 g/mol. The summed E-state index contributed by atoms with van der Waals surface area (Å²) in [5.74, 6) is 0.872. The van der Waals surface area contributed by atoms with Gasteiger partial charge in [0.1, 0.15) is 0 Å². The summed E-state index contributed by atoms with van der Waals surface area (Å²) in [6.07, 6.45) is 5.77. The average Bonchev–Trinajstić information content (AvgIpc) is 2.17. The molecule has 1 aliphatic heterocycles. The van der Waals surface area contributed by atoms with Gasteiger partial charge in [-0.15, -0.1) is 0 Å². The molecule has 0 aromatic heterocycles. The van der Waals surface area contributed by atoms with Crippen LogP contribution in [0.2, 0.25) is 0 Å². The van der Waals surface area contributed by atoms with Crippen LogP contribution in [0.4, 0.5) is 0 Å². The predicted molar refractivity (Wildman–Crippen MR) is 53.5 cm³/mol. The van der Waals surface area contributed by atoms with Crippen LogP contribution in [0.5, 0.6) is 0 Å². The summed E-state index contributed by atoms with van der Waals surface area (Å²) in [5, 5.41) is 6.14. The molecule has 1 aliphatic rings. The van der Waals surface area contributed by atoms with Gasteiger partial charge in [-0.05, 0) is 51.6 Å². The molecule has 0 saturated carbocycles. The normalized spacial score (nSPS) is 21.0. The van der Waals surface area contributed by atoms with Crippen molar-refractivity contribution in [3.8, 4) is 0 Å². The monoisotopic (exact) mass is 184 g/mol. The fourth-order valence-corrected chi connectivity index (χ4v) is 1.86. The van der Waals surface area contributed by atoms with E-state index in [1.54, 1.807) is 0 Å². The Balaban J connectivity index is 2.06. The van der Waals surface area contributed by atoms with Crippen LogP contribution in [-0.4, -0.2) is 25.5 Å². The van der Waals surface area contributed by atoms with Gasteiger partial charge in [0, 0.05) is 6.04 Å². The van der Waals surface area contributed by atoms with Crippen molar-refractivity contribution in [2.75, 3.05) is 13.1 Å². The molecule has 1 saturated heterocycles. The Bertz CT molecular complexity index is 144. The Hall–Kier alpha value is -0.570. The smallest absolute Gasteiger partial charge is 0.207 e. The highest BCUT2D eigenvalue weighted by molar-refractivity contribution is 5.46. The summed E-state index contributed by atoms with van der Waals surface area (Å²) >= 11 is 0. The van der Waals surface area contributed by atoms with Crippen LogP contribution >= 0.6 is 0 Å². The van der Waals surface area contributed by atoms with Crippen LogP contribution in [0.1, 0.15) is 32.6 Å². The molecule has 1 rings (SSSR count). The Morgan fingerprint density at radius 1 is 1.54 bits per heavy atom. The van der Waals surface area contributed by atoms with E-state index in [-0.39, 0.29) is 0 Å². The molecule has 0 spiro atoms. The van der Waals surface area contributed by atoms with E-state index in [0.29, 0.717) is 6.04 Å². The number of hydrogen-bond acceptors (Lipinski definition) is 2. The predicted octanol–water partition coefficient (Wildman–Crippen LogP) is 0.901. The lowest BCUT2D eigenvalue weighted by atomic mass is 9.92. The number of carbonyl (C=O) groups is 1. The van der Waals surface area contributed by atoms with E-state index in [1.807, 2.05) is 0 Å². The third kappa shape index (κ3) is 4.27. The number of amides is 1. The van der Waals surface area contributed by atoms with Gasteiger partial charge in [-0.2, -0.15) is 0 Å². The van der Waals surface area contributed by atoms with Crippen molar-refractivity contribution in [1.29, 1.82) is 0 Å². The van der Waals surface area contributed by atoms with Crippen molar-refractivity contribution >= 4 is 6.41 Å². The van der Waals surface area contributed by atoms with Gasteiger partial charge in [0.25, 0.3) is 0 Å². The van der Waals surface area contributed by atoms with Crippen LogP contribution < -0.4 is 10.6 Å². The van der Waals surface area contributed by atoms with Gasteiger partial charge in [0.2, 0.25) is 6.41 Å². The third-order valence-electron chi connectivity index (χ3n) is 2.82. The summed E-state index contributed by atoms with van der Waals surface area (Å²) in [4.78, 5) is 10.1. The second-order valence-electron chi connectivity index (χ2n) is 3.96. The van der Waals surface area contributed by atoms with Crippen LogP contribution in [0, 0.1) is 5.92 Å². The summed E-state index contributed by atoms with van der Waals surface area (Å²) in [7, 11) is 0. The van der Waals surface area contributed by atoms with Crippen molar-refractivity contribution < 1.29 is 4.79 Å². The van der Waals surface area contributed by atoms with Gasteiger partial charge in [-0.1, -0.05) is 0 Å². The lowest BCUT2D eigenvalue weighted by molar-refractivity contribution is -0.110. The molecule has 0 aromatic carbocycles. The van der Waals surface area contributed by atoms with Crippen molar-refractivity contribution in [2.45, 2.75) is 38.6 Å². The first-order chi connectivity index (χ1) is 6.33. The van der Waals surface area contributed by atoms with Crippen LogP contribution in [0.3, 0.4) is 0 Å². The van der Waals surface area contributed by atoms with E-state index in [4.69, 9.17) is 0 Å². The maximum absolute atomic E-state index is 10.1. The molecule has 13 heavy (non-hydrogen) atoms.